The molecule has 1 aromatic rings. The molecule has 0 aliphatic heterocycles. The molecule has 4 nitrogen and oxygen atoms in total. The van der Waals surface area contributed by atoms with Gasteiger partial charge in [0.25, 0.3) is 0 Å². The fourth-order valence-corrected chi connectivity index (χ4v) is 1.31. The van der Waals surface area contributed by atoms with E-state index in [0.29, 0.717) is 9.08 Å². The lowest BCUT2D eigenvalue weighted by atomic mass is 10.4. The van der Waals surface area contributed by atoms with Crippen molar-refractivity contribution in [2.45, 2.75) is 6.92 Å². The Morgan fingerprint density at radius 3 is 2.77 bits per heavy atom. The minimum atomic E-state index is -0.281. The van der Waals surface area contributed by atoms with Crippen molar-refractivity contribution in [1.29, 1.82) is 0 Å². The molecule has 13 heavy (non-hydrogen) atoms. The van der Waals surface area contributed by atoms with Crippen molar-refractivity contribution in [2.24, 2.45) is 0 Å². The summed E-state index contributed by atoms with van der Waals surface area (Å²) >= 11 is 6.31. The predicted octanol–water partition coefficient (Wildman–Crippen LogP) is 2.27. The normalized spacial score (nSPS) is 9.77. The molecule has 0 saturated carbocycles. The van der Waals surface area contributed by atoms with Crippen LogP contribution in [0.25, 0.3) is 0 Å². The van der Waals surface area contributed by atoms with Gasteiger partial charge < -0.3 is 10.4 Å². The van der Waals surface area contributed by atoms with Crippen LogP contribution < -0.4 is 5.32 Å². The van der Waals surface area contributed by atoms with Crippen molar-refractivity contribution in [3.8, 4) is 5.75 Å². The second-order valence-electron chi connectivity index (χ2n) is 2.31. The topological polar surface area (TPSA) is 62.2 Å². The molecule has 0 radical (unpaired) electrons. The maximum absolute atomic E-state index is 10.7. The van der Waals surface area contributed by atoms with E-state index in [1.165, 1.54) is 13.0 Å². The Morgan fingerprint density at radius 2 is 2.23 bits per heavy atom. The molecule has 0 aromatic carbocycles. The van der Waals surface area contributed by atoms with E-state index in [0.717, 1.165) is 0 Å². The lowest BCUT2D eigenvalue weighted by molar-refractivity contribution is -0.114. The van der Waals surface area contributed by atoms with Crippen molar-refractivity contribution >= 4 is 43.6 Å². The number of aromatic hydroxyl groups is 1. The summed E-state index contributed by atoms with van der Waals surface area (Å²) in [5.74, 6) is -0.218. The van der Waals surface area contributed by atoms with Crippen molar-refractivity contribution in [2.75, 3.05) is 5.32 Å². The summed E-state index contributed by atoms with van der Waals surface area (Å²) in [5.41, 5.74) is 0. The van der Waals surface area contributed by atoms with Crippen LogP contribution in [-0.4, -0.2) is 16.0 Å². The first-order valence-corrected chi connectivity index (χ1v) is 4.92. The SMILES string of the molecule is CC(=O)Nc1nc(Br)c(Br)cc1O. The van der Waals surface area contributed by atoms with Gasteiger partial charge in [-0.15, -0.1) is 0 Å². The third-order valence-electron chi connectivity index (χ3n) is 1.21. The molecule has 1 heterocycles. The number of rotatable bonds is 1. The standard InChI is InChI=1S/C7H6Br2N2O2/c1-3(12)10-7-5(13)2-4(8)6(9)11-7/h2,13H,1H3,(H,10,11,12). The fourth-order valence-electron chi connectivity index (χ4n) is 0.716. The number of pyridine rings is 1. The van der Waals surface area contributed by atoms with E-state index in [9.17, 15) is 9.90 Å². The fraction of sp³-hybridized carbons (Fsp3) is 0.143. The summed E-state index contributed by atoms with van der Waals surface area (Å²) in [6.07, 6.45) is 0. The van der Waals surface area contributed by atoms with Gasteiger partial charge in [-0.3, -0.25) is 4.79 Å². The molecule has 70 valence electrons. The number of aromatic nitrogens is 1. The molecule has 1 rings (SSSR count). The van der Waals surface area contributed by atoms with Crippen LogP contribution in [-0.2, 0) is 4.79 Å². The van der Waals surface area contributed by atoms with Crippen LogP contribution in [0.15, 0.2) is 15.1 Å². The molecular formula is C7H6Br2N2O2. The number of anilines is 1. The molecule has 0 aliphatic rings. The van der Waals surface area contributed by atoms with E-state index < -0.39 is 0 Å². The highest BCUT2D eigenvalue weighted by atomic mass is 79.9. The third kappa shape index (κ3) is 2.67. The molecular weight excluding hydrogens is 304 g/mol. The quantitative estimate of drug-likeness (QED) is 0.782. The minimum absolute atomic E-state index is 0.0784. The van der Waals surface area contributed by atoms with Crippen LogP contribution in [0, 0.1) is 0 Å². The Morgan fingerprint density at radius 1 is 1.62 bits per heavy atom. The highest BCUT2D eigenvalue weighted by Crippen LogP contribution is 2.30. The maximum Gasteiger partial charge on any atom is 0.222 e. The lowest BCUT2D eigenvalue weighted by Gasteiger charge is -2.05. The molecule has 0 spiro atoms. The van der Waals surface area contributed by atoms with Crippen molar-refractivity contribution < 1.29 is 9.90 Å². The minimum Gasteiger partial charge on any atom is -0.504 e. The molecule has 0 bridgehead atoms. The van der Waals surface area contributed by atoms with Crippen LogP contribution in [0.1, 0.15) is 6.92 Å². The first-order chi connectivity index (χ1) is 6.00. The molecule has 0 unspecified atom stereocenters. The summed E-state index contributed by atoms with van der Waals surface area (Å²) < 4.78 is 1.15. The number of amides is 1. The molecule has 2 N–H and O–H groups in total. The molecule has 0 saturated heterocycles. The lowest BCUT2D eigenvalue weighted by Crippen LogP contribution is -2.07. The van der Waals surface area contributed by atoms with Crippen LogP contribution in [0.4, 0.5) is 5.82 Å². The van der Waals surface area contributed by atoms with Gasteiger partial charge in [0.15, 0.2) is 11.6 Å². The Hall–Kier alpha value is -0.620. The molecule has 0 fully saturated rings. The largest absolute Gasteiger partial charge is 0.504 e. The molecule has 6 heteroatoms. The highest BCUT2D eigenvalue weighted by molar-refractivity contribution is 9.13. The van der Waals surface area contributed by atoms with Gasteiger partial charge in [0.2, 0.25) is 5.91 Å². The van der Waals surface area contributed by atoms with E-state index in [2.05, 4.69) is 42.2 Å². The smallest absolute Gasteiger partial charge is 0.222 e. The van der Waals surface area contributed by atoms with Gasteiger partial charge in [0.1, 0.15) is 4.60 Å². The first-order valence-electron chi connectivity index (χ1n) is 3.33. The number of carbonyl (C=O) groups excluding carboxylic acids is 1. The van der Waals surface area contributed by atoms with Gasteiger partial charge in [-0.2, -0.15) is 0 Å². The Kier molecular flexibility index (Phi) is 3.27. The number of carbonyl (C=O) groups is 1. The number of hydrogen-bond acceptors (Lipinski definition) is 3. The summed E-state index contributed by atoms with van der Waals surface area (Å²) in [6.45, 7) is 1.34. The second kappa shape index (κ2) is 4.06. The number of nitrogens with zero attached hydrogens (tertiary/aromatic N) is 1. The van der Waals surface area contributed by atoms with E-state index in [1.807, 2.05) is 0 Å². The third-order valence-corrected chi connectivity index (χ3v) is 2.95. The predicted molar refractivity (Wildman–Crippen MR) is 55.6 cm³/mol. The number of nitrogens with one attached hydrogen (secondary N) is 1. The van der Waals surface area contributed by atoms with E-state index in [-0.39, 0.29) is 17.5 Å². The zero-order chi connectivity index (χ0) is 10.0. The van der Waals surface area contributed by atoms with Crippen LogP contribution in [0.2, 0.25) is 0 Å². The maximum atomic E-state index is 10.7. The summed E-state index contributed by atoms with van der Waals surface area (Å²) in [7, 11) is 0. The van der Waals surface area contributed by atoms with E-state index >= 15 is 0 Å². The van der Waals surface area contributed by atoms with Gasteiger partial charge in [0, 0.05) is 13.0 Å². The molecule has 0 atom stereocenters. The van der Waals surface area contributed by atoms with Gasteiger partial charge in [0.05, 0.1) is 4.47 Å². The Balaban J connectivity index is 3.08. The second-order valence-corrected chi connectivity index (χ2v) is 3.92. The van der Waals surface area contributed by atoms with Gasteiger partial charge in [-0.1, -0.05) is 0 Å². The summed E-state index contributed by atoms with van der Waals surface area (Å²) in [5, 5.41) is 11.7. The first kappa shape index (κ1) is 10.5. The van der Waals surface area contributed by atoms with Gasteiger partial charge in [-0.05, 0) is 31.9 Å². The average Bonchev–Trinajstić information content (AvgIpc) is 1.99. The van der Waals surface area contributed by atoms with E-state index in [4.69, 9.17) is 0 Å². The molecule has 0 aliphatic carbocycles. The summed E-state index contributed by atoms with van der Waals surface area (Å²) in [4.78, 5) is 14.6. The zero-order valence-electron chi connectivity index (χ0n) is 6.64. The monoisotopic (exact) mass is 308 g/mol. The Labute approximate surface area is 91.6 Å². The average molecular weight is 310 g/mol. The zero-order valence-corrected chi connectivity index (χ0v) is 9.81. The number of halogens is 2. The van der Waals surface area contributed by atoms with Gasteiger partial charge in [-0.25, -0.2) is 4.98 Å². The number of hydrogen-bond donors (Lipinski definition) is 2. The van der Waals surface area contributed by atoms with Crippen LogP contribution in [0.5, 0.6) is 5.75 Å². The van der Waals surface area contributed by atoms with Crippen LogP contribution >= 0.6 is 31.9 Å². The molecule has 1 aromatic heterocycles. The van der Waals surface area contributed by atoms with Gasteiger partial charge >= 0.3 is 0 Å². The summed E-state index contributed by atoms with van der Waals surface area (Å²) in [6, 6.07) is 1.45. The van der Waals surface area contributed by atoms with Crippen molar-refractivity contribution in [3.63, 3.8) is 0 Å². The van der Waals surface area contributed by atoms with Crippen molar-refractivity contribution in [3.05, 3.63) is 15.1 Å². The van der Waals surface area contributed by atoms with E-state index in [1.54, 1.807) is 0 Å². The van der Waals surface area contributed by atoms with Crippen LogP contribution in [0.3, 0.4) is 0 Å². The molecule has 1 amide bonds. The highest BCUT2D eigenvalue weighted by Gasteiger charge is 2.08. The Bertz CT molecular complexity index is 355. The van der Waals surface area contributed by atoms with Crippen molar-refractivity contribution in [1.82, 2.24) is 4.98 Å².